The van der Waals surface area contributed by atoms with Crippen molar-refractivity contribution in [1.82, 2.24) is 10.6 Å². The summed E-state index contributed by atoms with van der Waals surface area (Å²) in [7, 11) is -3.29. The first-order chi connectivity index (χ1) is 12.0. The summed E-state index contributed by atoms with van der Waals surface area (Å²) in [5.74, 6) is 0.317. The van der Waals surface area contributed by atoms with Crippen molar-refractivity contribution in [3.8, 4) is 0 Å². The lowest BCUT2D eigenvalue weighted by atomic mass is 9.95. The van der Waals surface area contributed by atoms with Gasteiger partial charge < -0.3 is 10.6 Å². The van der Waals surface area contributed by atoms with Crippen LogP contribution in [0.2, 0.25) is 0 Å². The highest BCUT2D eigenvalue weighted by Gasteiger charge is 2.23. The molecular weight excluding hydrogens is 336 g/mol. The molecule has 2 fully saturated rings. The van der Waals surface area contributed by atoms with Gasteiger partial charge in [0.05, 0.1) is 10.6 Å². The predicted molar refractivity (Wildman–Crippen MR) is 98.4 cm³/mol. The summed E-state index contributed by atoms with van der Waals surface area (Å²) in [6.45, 7) is 1.78. The third kappa shape index (κ3) is 5.05. The highest BCUT2D eigenvalue weighted by molar-refractivity contribution is 7.91. The minimum absolute atomic E-state index is 0.103. The summed E-state index contributed by atoms with van der Waals surface area (Å²) in [6, 6.07) is 6.67. The topological polar surface area (TPSA) is 75.3 Å². The Kier molecular flexibility index (Phi) is 6.12. The Labute approximate surface area is 150 Å². The Morgan fingerprint density at radius 1 is 1.00 bits per heavy atom. The number of sulfone groups is 1. The average Bonchev–Trinajstić information content (AvgIpc) is 2.63. The van der Waals surface area contributed by atoms with Crippen molar-refractivity contribution in [2.45, 2.75) is 55.9 Å². The molecule has 1 aromatic rings. The number of carbonyl (C=O) groups is 1. The zero-order valence-electron chi connectivity index (χ0n) is 14.7. The molecule has 2 N–H and O–H groups in total. The molecule has 0 spiro atoms. The minimum atomic E-state index is -3.29. The minimum Gasteiger partial charge on any atom is -0.349 e. The van der Waals surface area contributed by atoms with E-state index in [0.717, 1.165) is 38.8 Å². The molecule has 138 valence electrons. The highest BCUT2D eigenvalue weighted by Crippen LogP contribution is 2.21. The summed E-state index contributed by atoms with van der Waals surface area (Å²) in [5.41, 5.74) is 0.534. The molecule has 1 saturated heterocycles. The Morgan fingerprint density at radius 3 is 2.28 bits per heavy atom. The van der Waals surface area contributed by atoms with Crippen molar-refractivity contribution < 1.29 is 13.2 Å². The predicted octanol–water partition coefficient (Wildman–Crippen LogP) is 2.52. The molecule has 5 nitrogen and oxygen atoms in total. The van der Waals surface area contributed by atoms with Crippen molar-refractivity contribution in [2.24, 2.45) is 5.92 Å². The lowest BCUT2D eigenvalue weighted by Crippen LogP contribution is -2.36. The number of hydrogen-bond acceptors (Lipinski definition) is 4. The van der Waals surface area contributed by atoms with Crippen molar-refractivity contribution in [1.29, 1.82) is 0 Å². The van der Waals surface area contributed by atoms with Gasteiger partial charge in [-0.15, -0.1) is 0 Å². The maximum Gasteiger partial charge on any atom is 0.251 e. The van der Waals surface area contributed by atoms with E-state index in [9.17, 15) is 13.2 Å². The van der Waals surface area contributed by atoms with E-state index in [2.05, 4.69) is 10.6 Å². The van der Waals surface area contributed by atoms with Gasteiger partial charge in [0.15, 0.2) is 9.84 Å². The van der Waals surface area contributed by atoms with Crippen LogP contribution in [0.25, 0.3) is 0 Å². The first kappa shape index (κ1) is 18.4. The highest BCUT2D eigenvalue weighted by atomic mass is 32.2. The van der Waals surface area contributed by atoms with Crippen LogP contribution in [0, 0.1) is 5.92 Å². The summed E-state index contributed by atoms with van der Waals surface area (Å²) < 4.78 is 25.2. The summed E-state index contributed by atoms with van der Waals surface area (Å²) in [5, 5.41) is 6.32. The molecule has 1 aliphatic carbocycles. The zero-order chi connectivity index (χ0) is 17.7. The van der Waals surface area contributed by atoms with Gasteiger partial charge in [-0.2, -0.15) is 0 Å². The van der Waals surface area contributed by atoms with Crippen LogP contribution in [0.3, 0.4) is 0 Å². The lowest BCUT2D eigenvalue weighted by Gasteiger charge is -2.23. The second-order valence-corrected chi connectivity index (χ2v) is 9.34. The van der Waals surface area contributed by atoms with E-state index in [1.54, 1.807) is 24.3 Å². The van der Waals surface area contributed by atoms with Crippen LogP contribution in [0.4, 0.5) is 0 Å². The molecule has 1 heterocycles. The Hall–Kier alpha value is -1.40. The normalized spacial score (nSPS) is 20.3. The Balaban J connectivity index is 1.61. The monoisotopic (exact) mass is 364 g/mol. The maximum absolute atomic E-state index is 12.6. The van der Waals surface area contributed by atoms with Gasteiger partial charge in [-0.25, -0.2) is 8.42 Å². The van der Waals surface area contributed by atoms with Gasteiger partial charge in [0.2, 0.25) is 0 Å². The van der Waals surface area contributed by atoms with E-state index < -0.39 is 9.84 Å². The zero-order valence-corrected chi connectivity index (χ0v) is 15.5. The van der Waals surface area contributed by atoms with Crippen LogP contribution in [0.15, 0.2) is 29.2 Å². The number of benzene rings is 1. The van der Waals surface area contributed by atoms with Crippen LogP contribution < -0.4 is 10.6 Å². The molecule has 2 aliphatic rings. The third-order valence-corrected chi connectivity index (χ3v) is 7.23. The number of nitrogens with one attached hydrogen (secondary N) is 2. The van der Waals surface area contributed by atoms with Gasteiger partial charge in [-0.1, -0.05) is 19.3 Å². The van der Waals surface area contributed by atoms with Crippen molar-refractivity contribution >= 4 is 15.7 Å². The fourth-order valence-electron chi connectivity index (χ4n) is 3.78. The molecule has 0 radical (unpaired) electrons. The van der Waals surface area contributed by atoms with Gasteiger partial charge in [-0.05, 0) is 69.0 Å². The largest absolute Gasteiger partial charge is 0.349 e. The van der Waals surface area contributed by atoms with Gasteiger partial charge in [0, 0.05) is 11.6 Å². The molecule has 1 aliphatic heterocycles. The van der Waals surface area contributed by atoms with E-state index in [1.807, 2.05) is 0 Å². The van der Waals surface area contributed by atoms with Crippen LogP contribution >= 0.6 is 0 Å². The summed E-state index contributed by atoms with van der Waals surface area (Å²) >= 11 is 0. The first-order valence-electron chi connectivity index (χ1n) is 9.39. The fraction of sp³-hybridized carbons (Fsp3) is 0.632. The van der Waals surface area contributed by atoms with Crippen molar-refractivity contribution in [3.05, 3.63) is 29.8 Å². The van der Waals surface area contributed by atoms with E-state index in [0.29, 0.717) is 10.5 Å². The molecule has 3 rings (SSSR count). The Morgan fingerprint density at radius 2 is 1.64 bits per heavy atom. The second kappa shape index (κ2) is 8.32. The van der Waals surface area contributed by atoms with Crippen LogP contribution in [-0.4, -0.2) is 39.2 Å². The van der Waals surface area contributed by atoms with Crippen molar-refractivity contribution in [2.75, 3.05) is 18.8 Å². The summed E-state index contributed by atoms with van der Waals surface area (Å²) in [4.78, 5) is 12.6. The lowest BCUT2D eigenvalue weighted by molar-refractivity contribution is 0.0927. The molecule has 0 atom stereocenters. The van der Waals surface area contributed by atoms with Gasteiger partial charge in [0.1, 0.15) is 0 Å². The average molecular weight is 365 g/mol. The van der Waals surface area contributed by atoms with Crippen molar-refractivity contribution in [3.63, 3.8) is 0 Å². The molecule has 25 heavy (non-hydrogen) atoms. The number of amides is 1. The molecule has 1 aromatic carbocycles. The molecule has 1 amide bonds. The molecule has 0 bridgehead atoms. The van der Waals surface area contributed by atoms with E-state index in [1.165, 1.54) is 19.3 Å². The first-order valence-corrected chi connectivity index (χ1v) is 11.0. The molecule has 0 aromatic heterocycles. The van der Waals surface area contributed by atoms with Crippen LogP contribution in [0.5, 0.6) is 0 Å². The second-order valence-electron chi connectivity index (χ2n) is 7.31. The quantitative estimate of drug-likeness (QED) is 0.842. The standard InChI is InChI=1S/C19H28N2O3S/c22-19(21-17-4-2-1-3-5-17)16-6-8-18(9-7-16)25(23,24)14-15-10-12-20-13-11-15/h6-9,15,17,20H,1-5,10-14H2,(H,21,22). The van der Waals surface area contributed by atoms with E-state index in [4.69, 9.17) is 0 Å². The number of piperidine rings is 1. The molecule has 0 unspecified atom stereocenters. The SMILES string of the molecule is O=C(NC1CCCCC1)c1ccc(S(=O)(=O)CC2CCNCC2)cc1. The van der Waals surface area contributed by atoms with Gasteiger partial charge in [-0.3, -0.25) is 4.79 Å². The molecular formula is C19H28N2O3S. The number of rotatable bonds is 5. The van der Waals surface area contributed by atoms with Gasteiger partial charge in [0.25, 0.3) is 5.91 Å². The van der Waals surface area contributed by atoms with Gasteiger partial charge >= 0.3 is 0 Å². The smallest absolute Gasteiger partial charge is 0.251 e. The van der Waals surface area contributed by atoms with Crippen LogP contribution in [0.1, 0.15) is 55.3 Å². The van der Waals surface area contributed by atoms with Crippen LogP contribution in [-0.2, 0) is 9.84 Å². The fourth-order valence-corrected chi connectivity index (χ4v) is 5.48. The van der Waals surface area contributed by atoms with E-state index in [-0.39, 0.29) is 23.6 Å². The number of hydrogen-bond donors (Lipinski definition) is 2. The maximum atomic E-state index is 12.6. The molecule has 6 heteroatoms. The van der Waals surface area contributed by atoms with E-state index >= 15 is 0 Å². The molecule has 1 saturated carbocycles. The summed E-state index contributed by atoms with van der Waals surface area (Å²) in [6.07, 6.45) is 7.46. The number of carbonyl (C=O) groups excluding carboxylic acids is 1. The third-order valence-electron chi connectivity index (χ3n) is 5.33. The Bertz CT molecular complexity index is 673.